The van der Waals surface area contributed by atoms with Gasteiger partial charge in [-0.25, -0.2) is 9.80 Å². The Hall–Kier alpha value is -3.26. The summed E-state index contributed by atoms with van der Waals surface area (Å²) in [7, 11) is 0. The van der Waals surface area contributed by atoms with Gasteiger partial charge in [-0.2, -0.15) is 0 Å². The van der Waals surface area contributed by atoms with E-state index < -0.39 is 23.8 Å². The number of hydrogen-bond acceptors (Lipinski definition) is 6. The second-order valence-corrected chi connectivity index (χ2v) is 9.33. The minimum Gasteiger partial charge on any atom is -0.443 e. The van der Waals surface area contributed by atoms with Gasteiger partial charge >= 0.3 is 6.09 Å². The summed E-state index contributed by atoms with van der Waals surface area (Å²) in [5.74, 6) is 0. The number of carbonyl (C=O) groups excluding carboxylic acids is 1. The van der Waals surface area contributed by atoms with E-state index >= 15 is 0 Å². The van der Waals surface area contributed by atoms with E-state index in [2.05, 4.69) is 10.4 Å². The molecule has 0 aliphatic rings. The SMILES string of the molecule is CC(C)(C)OC(=O)NN(Cc1ccc(-c2ccccn2)cc1)C[C@H](O)[C@@H](N)Cc1ccccc1. The average Bonchev–Trinajstić information content (AvgIpc) is 2.79. The van der Waals surface area contributed by atoms with Crippen molar-refractivity contribution in [2.24, 2.45) is 5.73 Å². The number of nitrogens with two attached hydrogens (primary N) is 1. The van der Waals surface area contributed by atoms with Gasteiger partial charge < -0.3 is 15.6 Å². The normalized spacial score (nSPS) is 13.4. The number of amides is 1. The van der Waals surface area contributed by atoms with E-state index in [0.29, 0.717) is 13.0 Å². The summed E-state index contributed by atoms with van der Waals surface area (Å²) in [5, 5.41) is 12.4. The fraction of sp³-hybridized carbons (Fsp3) is 0.333. The first kappa shape index (κ1) is 25.4. The van der Waals surface area contributed by atoms with Crippen molar-refractivity contribution in [2.45, 2.75) is 51.5 Å². The molecule has 0 bridgehead atoms. The molecule has 0 aliphatic carbocycles. The zero-order valence-corrected chi connectivity index (χ0v) is 20.0. The Morgan fingerprint density at radius 3 is 2.32 bits per heavy atom. The van der Waals surface area contributed by atoms with E-state index in [1.54, 1.807) is 32.0 Å². The molecule has 0 saturated heterocycles. The van der Waals surface area contributed by atoms with Gasteiger partial charge in [-0.15, -0.1) is 0 Å². The first-order valence-electron chi connectivity index (χ1n) is 11.4. The Bertz CT molecular complexity index is 1020. The molecule has 0 aliphatic heterocycles. The minimum absolute atomic E-state index is 0.148. The zero-order valence-electron chi connectivity index (χ0n) is 20.0. The quantitative estimate of drug-likeness (QED) is 0.417. The highest BCUT2D eigenvalue weighted by Crippen LogP contribution is 2.18. The lowest BCUT2D eigenvalue weighted by molar-refractivity contribution is 0.0171. The largest absolute Gasteiger partial charge is 0.443 e. The molecule has 3 rings (SSSR count). The van der Waals surface area contributed by atoms with Crippen molar-refractivity contribution in [2.75, 3.05) is 6.54 Å². The molecule has 2 atom stereocenters. The monoisotopic (exact) mass is 462 g/mol. The fourth-order valence-electron chi connectivity index (χ4n) is 3.50. The molecule has 7 heteroatoms. The molecule has 0 fully saturated rings. The van der Waals surface area contributed by atoms with Crippen molar-refractivity contribution in [1.29, 1.82) is 0 Å². The van der Waals surface area contributed by atoms with Gasteiger partial charge in [0.25, 0.3) is 0 Å². The van der Waals surface area contributed by atoms with Crippen LogP contribution >= 0.6 is 0 Å². The number of aliphatic hydroxyl groups excluding tert-OH is 1. The molecule has 7 nitrogen and oxygen atoms in total. The van der Waals surface area contributed by atoms with Gasteiger partial charge in [0.2, 0.25) is 0 Å². The van der Waals surface area contributed by atoms with E-state index in [0.717, 1.165) is 22.4 Å². The number of carbonyl (C=O) groups is 1. The molecule has 3 aromatic rings. The van der Waals surface area contributed by atoms with E-state index in [9.17, 15) is 9.90 Å². The highest BCUT2D eigenvalue weighted by atomic mass is 16.6. The average molecular weight is 463 g/mol. The van der Waals surface area contributed by atoms with Crippen LogP contribution in [0.3, 0.4) is 0 Å². The Morgan fingerprint density at radius 1 is 1.03 bits per heavy atom. The number of aliphatic hydroxyl groups is 1. The molecular formula is C27H34N4O3. The van der Waals surface area contributed by atoms with E-state index in [1.165, 1.54) is 0 Å². The highest BCUT2D eigenvalue weighted by molar-refractivity contribution is 5.67. The zero-order chi connectivity index (χ0) is 24.6. The van der Waals surface area contributed by atoms with E-state index in [4.69, 9.17) is 10.5 Å². The fourth-order valence-corrected chi connectivity index (χ4v) is 3.50. The van der Waals surface area contributed by atoms with Gasteiger partial charge in [-0.1, -0.05) is 60.7 Å². The van der Waals surface area contributed by atoms with Crippen LogP contribution in [0.1, 0.15) is 31.9 Å². The van der Waals surface area contributed by atoms with E-state index in [-0.39, 0.29) is 6.54 Å². The Labute approximate surface area is 201 Å². The third-order valence-electron chi connectivity index (χ3n) is 5.15. The second-order valence-electron chi connectivity index (χ2n) is 9.33. The van der Waals surface area contributed by atoms with Crippen molar-refractivity contribution in [3.05, 3.63) is 90.1 Å². The van der Waals surface area contributed by atoms with Crippen LogP contribution in [0.4, 0.5) is 4.79 Å². The number of benzene rings is 2. The molecule has 0 spiro atoms. The molecular weight excluding hydrogens is 428 g/mol. The number of hydrogen-bond donors (Lipinski definition) is 3. The maximum absolute atomic E-state index is 12.4. The third-order valence-corrected chi connectivity index (χ3v) is 5.15. The first-order chi connectivity index (χ1) is 16.2. The summed E-state index contributed by atoms with van der Waals surface area (Å²) in [6.07, 6.45) is 0.848. The minimum atomic E-state index is -0.858. The van der Waals surface area contributed by atoms with Crippen LogP contribution in [-0.2, 0) is 17.7 Å². The van der Waals surface area contributed by atoms with Gasteiger partial charge in [0, 0.05) is 30.9 Å². The highest BCUT2D eigenvalue weighted by Gasteiger charge is 2.23. The first-order valence-corrected chi connectivity index (χ1v) is 11.4. The molecule has 1 heterocycles. The summed E-state index contributed by atoms with van der Waals surface area (Å²) in [6.45, 7) is 5.93. The van der Waals surface area contributed by atoms with Crippen LogP contribution in [0.2, 0.25) is 0 Å². The van der Waals surface area contributed by atoms with Crippen LogP contribution in [0, 0.1) is 0 Å². The molecule has 4 N–H and O–H groups in total. The molecule has 180 valence electrons. The van der Waals surface area contributed by atoms with Crippen molar-refractivity contribution >= 4 is 6.09 Å². The number of ether oxygens (including phenoxy) is 1. The van der Waals surface area contributed by atoms with Crippen molar-refractivity contribution in [3.63, 3.8) is 0 Å². The van der Waals surface area contributed by atoms with Gasteiger partial charge in [-0.05, 0) is 50.5 Å². The molecule has 1 aromatic heterocycles. The lowest BCUT2D eigenvalue weighted by Crippen LogP contribution is -2.51. The van der Waals surface area contributed by atoms with Crippen molar-refractivity contribution in [1.82, 2.24) is 15.4 Å². The predicted molar refractivity (Wildman–Crippen MR) is 134 cm³/mol. The number of pyridine rings is 1. The van der Waals surface area contributed by atoms with Crippen LogP contribution in [0.5, 0.6) is 0 Å². The van der Waals surface area contributed by atoms with Crippen molar-refractivity contribution < 1.29 is 14.6 Å². The van der Waals surface area contributed by atoms with Gasteiger partial charge in [0.15, 0.2) is 0 Å². The number of nitrogens with one attached hydrogen (secondary N) is 1. The van der Waals surface area contributed by atoms with Gasteiger partial charge in [0.05, 0.1) is 11.8 Å². The maximum Gasteiger partial charge on any atom is 0.422 e. The van der Waals surface area contributed by atoms with Crippen LogP contribution in [0.15, 0.2) is 79.0 Å². The number of hydrazine groups is 1. The standard InChI is InChI=1S/C27H34N4O3/c1-27(2,3)34-26(33)30-31(19-25(32)23(28)17-20-9-5-4-6-10-20)18-21-12-14-22(15-13-21)24-11-7-8-16-29-24/h4-16,23,25,32H,17-19,28H2,1-3H3,(H,30,33)/t23-,25-/m0/s1. The third kappa shape index (κ3) is 8.26. The molecule has 2 aromatic carbocycles. The molecule has 0 unspecified atom stereocenters. The summed E-state index contributed by atoms with van der Waals surface area (Å²) in [4.78, 5) is 16.8. The van der Waals surface area contributed by atoms with Crippen molar-refractivity contribution in [3.8, 4) is 11.3 Å². The summed E-state index contributed by atoms with van der Waals surface area (Å²) in [5.41, 5.74) is 12.3. The number of nitrogens with zero attached hydrogens (tertiary/aromatic N) is 2. The lowest BCUT2D eigenvalue weighted by atomic mass is 10.0. The smallest absolute Gasteiger partial charge is 0.422 e. The summed E-state index contributed by atoms with van der Waals surface area (Å²) >= 11 is 0. The predicted octanol–water partition coefficient (Wildman–Crippen LogP) is 3.92. The molecule has 34 heavy (non-hydrogen) atoms. The van der Waals surface area contributed by atoms with Crippen LogP contribution < -0.4 is 11.2 Å². The molecule has 0 saturated carbocycles. The summed E-state index contributed by atoms with van der Waals surface area (Å²) < 4.78 is 5.41. The van der Waals surface area contributed by atoms with Crippen LogP contribution in [0.25, 0.3) is 11.3 Å². The lowest BCUT2D eigenvalue weighted by Gasteiger charge is -2.29. The van der Waals surface area contributed by atoms with Gasteiger partial charge in [-0.3, -0.25) is 10.4 Å². The maximum atomic E-state index is 12.4. The Morgan fingerprint density at radius 2 is 1.71 bits per heavy atom. The Balaban J connectivity index is 1.69. The number of aromatic nitrogens is 1. The van der Waals surface area contributed by atoms with E-state index in [1.807, 2.05) is 72.8 Å². The summed E-state index contributed by atoms with van der Waals surface area (Å²) in [6, 6.07) is 23.0. The Kier molecular flexibility index (Phi) is 8.76. The van der Waals surface area contributed by atoms with Gasteiger partial charge in [0.1, 0.15) is 5.60 Å². The molecule has 0 radical (unpaired) electrons. The second kappa shape index (κ2) is 11.7. The molecule has 1 amide bonds. The number of rotatable bonds is 9. The topological polar surface area (TPSA) is 101 Å². The van der Waals surface area contributed by atoms with Crippen LogP contribution in [-0.4, -0.2) is 45.5 Å².